The van der Waals surface area contributed by atoms with E-state index in [2.05, 4.69) is 41.4 Å². The Balaban J connectivity index is 1.58. The standard InChI is InChI=1S/C28H34N2O3S/c1-3-32-21-12-10-20(11-13-21)26(30-16-14-19(2)15-17-30)25-22-7-4-5-9-24(22)34-28(25)29-27(31)23-8-6-18-33-23/h6,8,10-13,18-19,26H,3-5,7,9,14-17H2,1-2H3,(H,29,31)/t26-/m0/s1. The molecule has 1 saturated heterocycles. The molecule has 3 aromatic rings. The quantitative estimate of drug-likeness (QED) is 0.411. The molecule has 3 heterocycles. The third kappa shape index (κ3) is 4.80. The molecule has 180 valence electrons. The first-order chi connectivity index (χ1) is 16.6. The SMILES string of the molecule is CCOc1ccc([C@@H](c2c(NC(=O)c3ccco3)sc3c2CCCC3)N2CCC(C)CC2)cc1. The van der Waals surface area contributed by atoms with Gasteiger partial charge in [0.05, 0.1) is 18.9 Å². The zero-order valence-electron chi connectivity index (χ0n) is 20.1. The third-order valence-corrected chi connectivity index (χ3v) is 8.37. The number of piperidine rings is 1. The molecule has 1 aliphatic carbocycles. The van der Waals surface area contributed by atoms with Crippen LogP contribution < -0.4 is 10.1 Å². The topological polar surface area (TPSA) is 54.7 Å². The minimum atomic E-state index is -0.178. The van der Waals surface area contributed by atoms with Crippen LogP contribution in [0, 0.1) is 5.92 Å². The molecule has 34 heavy (non-hydrogen) atoms. The highest BCUT2D eigenvalue weighted by atomic mass is 32.1. The number of rotatable bonds is 7. The number of carbonyl (C=O) groups excluding carboxylic acids is 1. The van der Waals surface area contributed by atoms with Crippen LogP contribution in [0.5, 0.6) is 5.75 Å². The van der Waals surface area contributed by atoms with E-state index >= 15 is 0 Å². The van der Waals surface area contributed by atoms with Gasteiger partial charge in [0, 0.05) is 10.4 Å². The molecule has 1 fully saturated rings. The van der Waals surface area contributed by atoms with Crippen LogP contribution in [0.15, 0.2) is 47.1 Å². The number of nitrogens with one attached hydrogen (secondary N) is 1. The summed E-state index contributed by atoms with van der Waals surface area (Å²) in [6.45, 7) is 7.15. The molecule has 5 nitrogen and oxygen atoms in total. The predicted octanol–water partition coefficient (Wildman–Crippen LogP) is 6.69. The lowest BCUT2D eigenvalue weighted by atomic mass is 9.87. The molecule has 2 aliphatic rings. The number of anilines is 1. The van der Waals surface area contributed by atoms with Crippen LogP contribution in [0.25, 0.3) is 0 Å². The van der Waals surface area contributed by atoms with Gasteiger partial charge < -0.3 is 14.5 Å². The smallest absolute Gasteiger partial charge is 0.291 e. The number of likely N-dealkylation sites (tertiary alicyclic amines) is 1. The van der Waals surface area contributed by atoms with Crippen molar-refractivity contribution in [2.75, 3.05) is 25.0 Å². The van der Waals surface area contributed by atoms with E-state index in [0.717, 1.165) is 42.6 Å². The summed E-state index contributed by atoms with van der Waals surface area (Å²) in [7, 11) is 0. The van der Waals surface area contributed by atoms with Crippen LogP contribution in [-0.2, 0) is 12.8 Å². The van der Waals surface area contributed by atoms with Gasteiger partial charge in [0.15, 0.2) is 5.76 Å². The average Bonchev–Trinajstić information content (AvgIpc) is 3.51. The number of aryl methyl sites for hydroxylation is 1. The zero-order valence-corrected chi connectivity index (χ0v) is 21.0. The molecule has 0 radical (unpaired) electrons. The first-order valence-electron chi connectivity index (χ1n) is 12.6. The number of hydrogen-bond acceptors (Lipinski definition) is 5. The van der Waals surface area contributed by atoms with Crippen molar-refractivity contribution >= 4 is 22.2 Å². The van der Waals surface area contributed by atoms with E-state index in [9.17, 15) is 4.79 Å². The van der Waals surface area contributed by atoms with Crippen molar-refractivity contribution in [1.82, 2.24) is 4.90 Å². The van der Waals surface area contributed by atoms with Gasteiger partial charge in [-0.3, -0.25) is 9.69 Å². The van der Waals surface area contributed by atoms with Crippen LogP contribution in [0.4, 0.5) is 5.00 Å². The number of carbonyl (C=O) groups is 1. The van der Waals surface area contributed by atoms with Crippen LogP contribution >= 0.6 is 11.3 Å². The first-order valence-corrected chi connectivity index (χ1v) is 13.4. The Hall–Kier alpha value is -2.57. The summed E-state index contributed by atoms with van der Waals surface area (Å²) in [5.41, 5.74) is 4.00. The fraction of sp³-hybridized carbons (Fsp3) is 0.464. The number of ether oxygens (including phenoxy) is 1. The Bertz CT molecular complexity index is 1100. The lowest BCUT2D eigenvalue weighted by Crippen LogP contribution is -2.37. The number of benzene rings is 1. The lowest BCUT2D eigenvalue weighted by molar-refractivity contribution is 0.0996. The summed E-state index contributed by atoms with van der Waals surface area (Å²) < 4.78 is 11.1. The molecule has 6 heteroatoms. The van der Waals surface area contributed by atoms with E-state index < -0.39 is 0 Å². The van der Waals surface area contributed by atoms with Crippen molar-refractivity contribution in [2.45, 2.75) is 58.4 Å². The van der Waals surface area contributed by atoms with Gasteiger partial charge in [-0.25, -0.2) is 0 Å². The molecule has 0 saturated carbocycles. The summed E-state index contributed by atoms with van der Waals surface area (Å²) in [4.78, 5) is 17.1. The number of furan rings is 1. The monoisotopic (exact) mass is 478 g/mol. The van der Waals surface area contributed by atoms with Crippen LogP contribution in [-0.4, -0.2) is 30.5 Å². The summed E-state index contributed by atoms with van der Waals surface area (Å²) in [6.07, 6.45) is 8.55. The number of hydrogen-bond donors (Lipinski definition) is 1. The van der Waals surface area contributed by atoms with Crippen molar-refractivity contribution in [3.63, 3.8) is 0 Å². The van der Waals surface area contributed by atoms with Gasteiger partial charge in [-0.1, -0.05) is 19.1 Å². The maximum absolute atomic E-state index is 13.0. The van der Waals surface area contributed by atoms with Gasteiger partial charge in [0.1, 0.15) is 10.8 Å². The van der Waals surface area contributed by atoms with Crippen LogP contribution in [0.2, 0.25) is 0 Å². The summed E-state index contributed by atoms with van der Waals surface area (Å²) in [5, 5.41) is 4.21. The molecule has 0 spiro atoms. The molecule has 5 rings (SSSR count). The van der Waals surface area contributed by atoms with Crippen molar-refractivity contribution in [2.24, 2.45) is 5.92 Å². The van der Waals surface area contributed by atoms with Crippen LogP contribution in [0.3, 0.4) is 0 Å². The Labute approximate surface area is 206 Å². The van der Waals surface area contributed by atoms with E-state index in [-0.39, 0.29) is 11.9 Å². The second-order valence-electron chi connectivity index (χ2n) is 9.51. The second kappa shape index (κ2) is 10.4. The molecule has 1 atom stereocenters. The molecular weight excluding hydrogens is 444 g/mol. The molecule has 2 aromatic heterocycles. The van der Waals surface area contributed by atoms with E-state index in [1.807, 2.05) is 6.92 Å². The molecule has 1 aliphatic heterocycles. The molecular formula is C28H34N2O3S. The van der Waals surface area contributed by atoms with E-state index in [1.165, 1.54) is 47.3 Å². The minimum Gasteiger partial charge on any atom is -0.494 e. The summed E-state index contributed by atoms with van der Waals surface area (Å²) in [6, 6.07) is 12.2. The van der Waals surface area contributed by atoms with E-state index in [1.54, 1.807) is 29.7 Å². The maximum Gasteiger partial charge on any atom is 0.291 e. The number of fused-ring (bicyclic) bond motifs is 1. The normalized spacial score (nSPS) is 17.8. The van der Waals surface area contributed by atoms with Crippen molar-refractivity contribution in [3.8, 4) is 5.75 Å². The molecule has 1 aromatic carbocycles. The van der Waals surface area contributed by atoms with E-state index in [0.29, 0.717) is 12.4 Å². The minimum absolute atomic E-state index is 0.119. The Morgan fingerprint density at radius 3 is 2.65 bits per heavy atom. The fourth-order valence-electron chi connectivity index (χ4n) is 5.30. The largest absolute Gasteiger partial charge is 0.494 e. The summed E-state index contributed by atoms with van der Waals surface area (Å²) >= 11 is 1.76. The fourth-order valence-corrected chi connectivity index (χ4v) is 6.62. The summed E-state index contributed by atoms with van der Waals surface area (Å²) in [5.74, 6) is 1.83. The Morgan fingerprint density at radius 1 is 1.18 bits per heavy atom. The number of amides is 1. The Morgan fingerprint density at radius 2 is 1.94 bits per heavy atom. The lowest BCUT2D eigenvalue weighted by Gasteiger charge is -2.38. The third-order valence-electron chi connectivity index (χ3n) is 7.15. The first kappa shape index (κ1) is 23.2. The molecule has 1 amide bonds. The van der Waals surface area contributed by atoms with Gasteiger partial charge in [-0.2, -0.15) is 0 Å². The number of nitrogens with zero attached hydrogens (tertiary/aromatic N) is 1. The van der Waals surface area contributed by atoms with Gasteiger partial charge >= 0.3 is 0 Å². The molecule has 0 bridgehead atoms. The zero-order chi connectivity index (χ0) is 23.5. The highest BCUT2D eigenvalue weighted by molar-refractivity contribution is 7.16. The van der Waals surface area contributed by atoms with E-state index in [4.69, 9.17) is 9.15 Å². The van der Waals surface area contributed by atoms with Crippen molar-refractivity contribution in [3.05, 3.63) is 70.0 Å². The number of thiophene rings is 1. The second-order valence-corrected chi connectivity index (χ2v) is 10.6. The maximum atomic E-state index is 13.0. The highest BCUT2D eigenvalue weighted by Crippen LogP contribution is 2.46. The molecule has 1 N–H and O–H groups in total. The van der Waals surface area contributed by atoms with Gasteiger partial charge in [0.2, 0.25) is 0 Å². The van der Waals surface area contributed by atoms with Crippen molar-refractivity contribution < 1.29 is 13.9 Å². The van der Waals surface area contributed by atoms with Gasteiger partial charge in [0.25, 0.3) is 5.91 Å². The van der Waals surface area contributed by atoms with Gasteiger partial charge in [-0.05, 0) is 99.8 Å². The van der Waals surface area contributed by atoms with Gasteiger partial charge in [-0.15, -0.1) is 11.3 Å². The average molecular weight is 479 g/mol. The van der Waals surface area contributed by atoms with Crippen molar-refractivity contribution in [1.29, 1.82) is 0 Å². The molecule has 0 unspecified atom stereocenters. The highest BCUT2D eigenvalue weighted by Gasteiger charge is 2.33. The predicted molar refractivity (Wildman–Crippen MR) is 137 cm³/mol. The van der Waals surface area contributed by atoms with Crippen LogP contribution in [0.1, 0.15) is 77.7 Å². The Kier molecular flexibility index (Phi) is 7.07.